The summed E-state index contributed by atoms with van der Waals surface area (Å²) in [4.78, 5) is 25.4. The minimum atomic E-state index is 0. The van der Waals surface area contributed by atoms with Crippen molar-refractivity contribution >= 4 is 87.0 Å². The molecule has 0 aliphatic heterocycles. The van der Waals surface area contributed by atoms with Crippen molar-refractivity contribution in [3.63, 3.8) is 0 Å². The molecule has 12 aromatic carbocycles. The molecule has 0 spiro atoms. The maximum atomic E-state index is 6.35. The van der Waals surface area contributed by atoms with Gasteiger partial charge in [0.2, 0.25) is 5.89 Å². The van der Waals surface area contributed by atoms with E-state index in [0.717, 1.165) is 111 Å². The van der Waals surface area contributed by atoms with Gasteiger partial charge in [-0.25, -0.2) is 24.9 Å². The lowest BCUT2D eigenvalue weighted by Gasteiger charge is -2.18. The monoisotopic (exact) mass is 1090 g/mol. The van der Waals surface area contributed by atoms with E-state index in [0.29, 0.717) is 5.89 Å². The minimum Gasteiger partial charge on any atom is -1.00 e. The summed E-state index contributed by atoms with van der Waals surface area (Å²) in [5, 5.41) is 11.7. The number of hydrogen-bond donors (Lipinski definition) is 0. The number of aryl methyl sites for hydroxylation is 2. The highest BCUT2D eigenvalue weighted by Gasteiger charge is 2.21. The van der Waals surface area contributed by atoms with Crippen molar-refractivity contribution in [2.75, 3.05) is 0 Å². The van der Waals surface area contributed by atoms with Crippen LogP contribution in [0.5, 0.6) is 0 Å². The van der Waals surface area contributed by atoms with Gasteiger partial charge in [-0.1, -0.05) is 236 Å². The number of benzene rings is 12. The summed E-state index contributed by atoms with van der Waals surface area (Å²) >= 11 is 0. The zero-order chi connectivity index (χ0) is 56.5. The van der Waals surface area contributed by atoms with Gasteiger partial charge < -0.3 is 5.84 Å². The molecule has 400 valence electrons. The zero-order valence-electron chi connectivity index (χ0n) is 47.6. The largest absolute Gasteiger partial charge is 1.00 e. The number of fused-ring (bicyclic) bond motifs is 7. The van der Waals surface area contributed by atoms with Gasteiger partial charge in [-0.3, -0.25) is 0 Å². The lowest BCUT2D eigenvalue weighted by molar-refractivity contribution is 0.620. The van der Waals surface area contributed by atoms with Gasteiger partial charge in [0.05, 0.1) is 44.8 Å². The third-order valence-corrected chi connectivity index (χ3v) is 16.7. The van der Waals surface area contributed by atoms with Gasteiger partial charge in [0.25, 0.3) is 0 Å². The van der Waals surface area contributed by atoms with Crippen molar-refractivity contribution in [3.8, 4) is 78.7 Å². The van der Waals surface area contributed by atoms with Crippen LogP contribution in [0.3, 0.4) is 0 Å². The highest BCUT2D eigenvalue weighted by molar-refractivity contribution is 6.30. The Morgan fingerprint density at radius 2 is 0.671 bits per heavy atom. The SMILES string of the molecule is Cc1ccc(-c2ccc3ccc4c(-c5ccc(C)cc5)cc(-c5nc6ccccc6o5)c5ccc2c3c45)cc1.[2H-].c1ccc(-c2ccc3ccc4ccc(-c5cccc(-c6ccc7ccc8ccc(-c9ccccc9)nc8c7n6)c5)nc4c3n2)cc1. The number of hydrogen-bond acceptors (Lipinski definition) is 6. The number of aromatic nitrogens is 5. The van der Waals surface area contributed by atoms with E-state index in [-0.39, 0.29) is 1.43 Å². The van der Waals surface area contributed by atoms with E-state index in [1.807, 2.05) is 60.7 Å². The Labute approximate surface area is 491 Å². The second-order valence-electron chi connectivity index (χ2n) is 22.1. The Balaban J connectivity index is 0.000000146. The summed E-state index contributed by atoms with van der Waals surface area (Å²) in [5.41, 5.74) is 21.6. The fraction of sp³-hybridized carbons (Fsp3) is 0.0253. The van der Waals surface area contributed by atoms with Gasteiger partial charge in [0.15, 0.2) is 5.58 Å². The van der Waals surface area contributed by atoms with Crippen molar-refractivity contribution < 1.29 is 5.84 Å². The second-order valence-corrected chi connectivity index (χ2v) is 22.1. The molecule has 0 amide bonds. The highest BCUT2D eigenvalue weighted by atomic mass is 16.3. The summed E-state index contributed by atoms with van der Waals surface area (Å²) in [5.74, 6) is 0.654. The first-order chi connectivity index (χ1) is 41.9. The first-order valence-corrected chi connectivity index (χ1v) is 28.8. The molecule has 0 saturated carbocycles. The molecule has 0 atom stereocenters. The molecular formula is C79H52N5O-. The summed E-state index contributed by atoms with van der Waals surface area (Å²) < 4.78 is 6.35. The molecule has 85 heavy (non-hydrogen) atoms. The average molecular weight is 1090 g/mol. The molecule has 0 unspecified atom stereocenters. The van der Waals surface area contributed by atoms with Crippen LogP contribution in [0, 0.1) is 13.8 Å². The summed E-state index contributed by atoms with van der Waals surface area (Å²) in [6.07, 6.45) is 0. The van der Waals surface area contributed by atoms with Crippen LogP contribution >= 0.6 is 0 Å². The van der Waals surface area contributed by atoms with Gasteiger partial charge in [-0.15, -0.1) is 0 Å². The molecule has 5 aromatic heterocycles. The maximum Gasteiger partial charge on any atom is 0.227 e. The molecule has 0 bridgehead atoms. The van der Waals surface area contributed by atoms with E-state index in [4.69, 9.17) is 29.3 Å². The molecule has 6 nitrogen and oxygen atoms in total. The fourth-order valence-electron chi connectivity index (χ4n) is 12.3. The quantitative estimate of drug-likeness (QED) is 0.148. The van der Waals surface area contributed by atoms with Gasteiger partial charge >= 0.3 is 0 Å². The van der Waals surface area contributed by atoms with Crippen LogP contribution in [0.1, 0.15) is 12.6 Å². The van der Waals surface area contributed by atoms with Gasteiger partial charge in [0.1, 0.15) is 5.52 Å². The molecule has 0 fully saturated rings. The molecule has 0 saturated heterocycles. The van der Waals surface area contributed by atoms with Crippen LogP contribution < -0.4 is 0 Å². The maximum absolute atomic E-state index is 6.35. The van der Waals surface area contributed by atoms with Crippen molar-refractivity contribution in [2.45, 2.75) is 13.8 Å². The average Bonchev–Trinajstić information content (AvgIpc) is 0.981. The van der Waals surface area contributed by atoms with Gasteiger partial charge in [-0.2, -0.15) is 0 Å². The molecule has 6 heteroatoms. The van der Waals surface area contributed by atoms with E-state index < -0.39 is 0 Å². The molecule has 0 aliphatic carbocycles. The Hall–Kier alpha value is -11.2. The smallest absolute Gasteiger partial charge is 0.227 e. The normalized spacial score (nSPS) is 11.6. The first-order valence-electron chi connectivity index (χ1n) is 28.8. The molecule has 17 aromatic rings. The third kappa shape index (κ3) is 8.87. The molecule has 0 radical (unpaired) electrons. The van der Waals surface area contributed by atoms with Crippen molar-refractivity contribution in [1.82, 2.24) is 24.9 Å². The number of rotatable bonds is 7. The molecule has 17 rings (SSSR count). The van der Waals surface area contributed by atoms with Crippen LogP contribution in [0.2, 0.25) is 0 Å². The molecular weight excluding hydrogens is 1030 g/mol. The lowest BCUT2D eigenvalue weighted by atomic mass is 9.85. The Kier molecular flexibility index (Phi) is 11.9. The topological polar surface area (TPSA) is 77.6 Å². The standard InChI is InChI=1S/C42H26N4.C37H25NO.H/c1-3-8-27(9-4-1)35-22-18-29-14-16-31-20-24-37(45-41(31)39(29)43-35)33-12-7-13-34(26-33)38-25-21-32-17-15-30-19-23-36(28-10-5-2-6-11-28)44-40(30)42(32)46-38;1-22-7-11-24(12-8-22)27-17-15-26-16-18-29-31(25-13-9-23(2)10-14-25)21-32(30-20-19-28(27)35(26)36(29)30)37-38-33-5-3-4-6-34(33)39-37;/h1-26H;3-21H,1-2H3;/q;;-1/i;;1+1. The van der Waals surface area contributed by atoms with Crippen molar-refractivity contribution in [1.29, 1.82) is 0 Å². The number of pyridine rings is 4. The highest BCUT2D eigenvalue weighted by Crippen LogP contribution is 2.46. The number of nitrogens with zero attached hydrogens (tertiary/aromatic N) is 5. The van der Waals surface area contributed by atoms with E-state index in [2.05, 4.69) is 226 Å². The molecule has 0 aliphatic rings. The predicted octanol–water partition coefficient (Wildman–Crippen LogP) is 21.0. The second kappa shape index (κ2) is 20.3. The van der Waals surface area contributed by atoms with Crippen LogP contribution in [0.15, 0.2) is 277 Å². The Morgan fingerprint density at radius 3 is 1.19 bits per heavy atom. The van der Waals surface area contributed by atoms with Crippen LogP contribution in [0.4, 0.5) is 0 Å². The van der Waals surface area contributed by atoms with Crippen molar-refractivity contribution in [2.24, 2.45) is 0 Å². The van der Waals surface area contributed by atoms with E-state index in [1.165, 1.54) is 60.3 Å². The van der Waals surface area contributed by atoms with Crippen LogP contribution in [-0.2, 0) is 0 Å². The predicted molar refractivity (Wildman–Crippen MR) is 354 cm³/mol. The third-order valence-electron chi connectivity index (χ3n) is 16.7. The Morgan fingerprint density at radius 1 is 0.271 bits per heavy atom. The van der Waals surface area contributed by atoms with E-state index >= 15 is 0 Å². The summed E-state index contributed by atoms with van der Waals surface area (Å²) in [7, 11) is 0. The first kappa shape index (κ1) is 49.6. The number of para-hydroxylation sites is 2. The van der Waals surface area contributed by atoms with E-state index in [1.54, 1.807) is 0 Å². The zero-order valence-corrected chi connectivity index (χ0v) is 46.6. The van der Waals surface area contributed by atoms with Gasteiger partial charge in [0, 0.05) is 49.4 Å². The van der Waals surface area contributed by atoms with Crippen molar-refractivity contribution in [3.05, 3.63) is 284 Å². The molecule has 0 N–H and O–H groups in total. The van der Waals surface area contributed by atoms with Crippen LogP contribution in [0.25, 0.3) is 166 Å². The Bertz CT molecular complexity index is 5220. The van der Waals surface area contributed by atoms with Crippen LogP contribution in [-0.4, -0.2) is 24.9 Å². The lowest BCUT2D eigenvalue weighted by Crippen LogP contribution is -1.92. The van der Waals surface area contributed by atoms with Gasteiger partial charge in [-0.05, 0) is 117 Å². The summed E-state index contributed by atoms with van der Waals surface area (Å²) in [6.45, 7) is 4.26. The minimum absolute atomic E-state index is 0. The molecule has 5 heterocycles. The van der Waals surface area contributed by atoms with E-state index in [9.17, 15) is 0 Å². The summed E-state index contributed by atoms with van der Waals surface area (Å²) in [6, 6.07) is 95.8. The fourth-order valence-corrected chi connectivity index (χ4v) is 12.3. The number of oxazole rings is 1.